The summed E-state index contributed by atoms with van der Waals surface area (Å²) >= 11 is 0. The average Bonchev–Trinajstić information content (AvgIpc) is 2.29. The SMILES string of the molecule is CC(C)C(C)Bc1cccc2c1CCCN2. The van der Waals surface area contributed by atoms with Crippen molar-refractivity contribution in [2.45, 2.75) is 39.4 Å². The lowest BCUT2D eigenvalue weighted by Gasteiger charge is -2.23. The summed E-state index contributed by atoms with van der Waals surface area (Å²) in [6, 6.07) is 6.72. The minimum absolute atomic E-state index is 0.771. The fourth-order valence-corrected chi connectivity index (χ4v) is 2.36. The fraction of sp³-hybridized carbons (Fsp3) is 0.571. The molecule has 16 heavy (non-hydrogen) atoms. The van der Waals surface area contributed by atoms with Crippen LogP contribution in [0.4, 0.5) is 5.69 Å². The molecule has 1 unspecified atom stereocenters. The molecule has 0 amide bonds. The van der Waals surface area contributed by atoms with Gasteiger partial charge in [0.2, 0.25) is 0 Å². The molecule has 2 heteroatoms. The summed E-state index contributed by atoms with van der Waals surface area (Å²) in [7, 11) is 1.22. The van der Waals surface area contributed by atoms with Crippen molar-refractivity contribution in [3.8, 4) is 0 Å². The van der Waals surface area contributed by atoms with E-state index < -0.39 is 0 Å². The van der Waals surface area contributed by atoms with E-state index in [2.05, 4.69) is 44.3 Å². The number of benzene rings is 1. The molecule has 1 aliphatic rings. The lowest BCUT2D eigenvalue weighted by molar-refractivity contribution is 0.621. The molecule has 0 spiro atoms. The van der Waals surface area contributed by atoms with E-state index in [4.69, 9.17) is 0 Å². The third kappa shape index (κ3) is 2.42. The van der Waals surface area contributed by atoms with Gasteiger partial charge in [0.1, 0.15) is 0 Å². The number of hydrogen-bond donors (Lipinski definition) is 1. The zero-order valence-corrected chi connectivity index (χ0v) is 10.7. The normalized spacial score (nSPS) is 16.5. The molecule has 0 saturated carbocycles. The lowest BCUT2D eigenvalue weighted by Crippen LogP contribution is -2.28. The van der Waals surface area contributed by atoms with Crippen molar-refractivity contribution < 1.29 is 0 Å². The number of hydrogen-bond acceptors (Lipinski definition) is 1. The molecule has 0 fully saturated rings. The Morgan fingerprint density at radius 3 is 2.81 bits per heavy atom. The molecule has 1 aromatic carbocycles. The van der Waals surface area contributed by atoms with Gasteiger partial charge in [-0.05, 0) is 24.5 Å². The predicted octanol–water partition coefficient (Wildman–Crippen LogP) is 2.57. The highest BCUT2D eigenvalue weighted by molar-refractivity contribution is 6.55. The molecule has 1 atom stereocenters. The molecular formula is C14H22BN. The van der Waals surface area contributed by atoms with E-state index in [-0.39, 0.29) is 0 Å². The van der Waals surface area contributed by atoms with Crippen LogP contribution in [-0.4, -0.2) is 13.8 Å². The maximum absolute atomic E-state index is 3.51. The zero-order chi connectivity index (χ0) is 11.5. The van der Waals surface area contributed by atoms with E-state index in [0.29, 0.717) is 0 Å². The summed E-state index contributed by atoms with van der Waals surface area (Å²) in [5, 5.41) is 3.51. The van der Waals surface area contributed by atoms with E-state index >= 15 is 0 Å². The molecule has 0 bridgehead atoms. The molecule has 2 rings (SSSR count). The highest BCUT2D eigenvalue weighted by atomic mass is 14.9. The molecule has 1 N–H and O–H groups in total. The van der Waals surface area contributed by atoms with Gasteiger partial charge in [-0.3, -0.25) is 0 Å². The summed E-state index contributed by atoms with van der Waals surface area (Å²) < 4.78 is 0. The summed E-state index contributed by atoms with van der Waals surface area (Å²) in [6.45, 7) is 8.13. The van der Waals surface area contributed by atoms with Crippen LogP contribution in [0.1, 0.15) is 32.8 Å². The van der Waals surface area contributed by atoms with Gasteiger partial charge < -0.3 is 5.32 Å². The molecule has 1 nitrogen and oxygen atoms in total. The molecule has 0 aromatic heterocycles. The van der Waals surface area contributed by atoms with Gasteiger partial charge in [-0.2, -0.15) is 0 Å². The van der Waals surface area contributed by atoms with Crippen LogP contribution in [0.15, 0.2) is 18.2 Å². The van der Waals surface area contributed by atoms with Crippen LogP contribution < -0.4 is 10.8 Å². The average molecular weight is 215 g/mol. The van der Waals surface area contributed by atoms with Gasteiger partial charge in [0.25, 0.3) is 0 Å². The van der Waals surface area contributed by atoms with Gasteiger partial charge >= 0.3 is 0 Å². The standard InChI is InChI=1S/C14H22BN/c1-10(2)11(3)15-13-7-4-8-14-12(13)6-5-9-16-14/h4,7-8,10-11,15-16H,5-6,9H2,1-3H3. The Morgan fingerprint density at radius 1 is 1.25 bits per heavy atom. The molecular weight excluding hydrogens is 193 g/mol. The number of nitrogens with one attached hydrogen (secondary N) is 1. The largest absolute Gasteiger partial charge is 0.385 e. The van der Waals surface area contributed by atoms with E-state index in [1.165, 1.54) is 25.8 Å². The van der Waals surface area contributed by atoms with Gasteiger partial charge in [0.05, 0.1) is 0 Å². The van der Waals surface area contributed by atoms with Crippen molar-refractivity contribution >= 4 is 18.4 Å². The Kier molecular flexibility index (Phi) is 3.57. The van der Waals surface area contributed by atoms with Gasteiger partial charge in [0.15, 0.2) is 7.28 Å². The van der Waals surface area contributed by atoms with Crippen LogP contribution >= 0.6 is 0 Å². The third-order valence-electron chi connectivity index (χ3n) is 3.87. The van der Waals surface area contributed by atoms with E-state index in [9.17, 15) is 0 Å². The monoisotopic (exact) mass is 215 g/mol. The van der Waals surface area contributed by atoms with Gasteiger partial charge in [-0.25, -0.2) is 0 Å². The highest BCUT2D eigenvalue weighted by Crippen LogP contribution is 2.21. The highest BCUT2D eigenvalue weighted by Gasteiger charge is 2.16. The third-order valence-corrected chi connectivity index (χ3v) is 3.87. The molecule has 1 aliphatic heterocycles. The van der Waals surface area contributed by atoms with E-state index in [0.717, 1.165) is 18.3 Å². The Morgan fingerprint density at radius 2 is 2.06 bits per heavy atom. The predicted molar refractivity (Wildman–Crippen MR) is 74.3 cm³/mol. The van der Waals surface area contributed by atoms with E-state index in [1.807, 2.05) is 0 Å². The Balaban J connectivity index is 2.20. The van der Waals surface area contributed by atoms with Crippen LogP contribution in [0.5, 0.6) is 0 Å². The van der Waals surface area contributed by atoms with Crippen LogP contribution in [0, 0.1) is 5.92 Å². The van der Waals surface area contributed by atoms with Crippen molar-refractivity contribution in [2.24, 2.45) is 5.92 Å². The van der Waals surface area contributed by atoms with Crippen LogP contribution in [0.25, 0.3) is 0 Å². The second-order valence-electron chi connectivity index (χ2n) is 5.40. The fourth-order valence-electron chi connectivity index (χ4n) is 2.36. The smallest absolute Gasteiger partial charge is 0.161 e. The van der Waals surface area contributed by atoms with Crippen LogP contribution in [0.2, 0.25) is 5.82 Å². The number of fused-ring (bicyclic) bond motifs is 1. The summed E-state index contributed by atoms with van der Waals surface area (Å²) in [4.78, 5) is 0. The first kappa shape index (κ1) is 11.6. The zero-order valence-electron chi connectivity index (χ0n) is 10.7. The second-order valence-corrected chi connectivity index (χ2v) is 5.40. The van der Waals surface area contributed by atoms with Crippen molar-refractivity contribution in [2.75, 3.05) is 11.9 Å². The Hall–Kier alpha value is -0.915. The van der Waals surface area contributed by atoms with E-state index in [1.54, 1.807) is 11.0 Å². The van der Waals surface area contributed by atoms with Crippen LogP contribution in [0.3, 0.4) is 0 Å². The number of rotatable bonds is 3. The molecule has 86 valence electrons. The molecule has 1 aromatic rings. The Labute approximate surface area is 99.9 Å². The minimum atomic E-state index is 0.771. The second kappa shape index (κ2) is 4.94. The topological polar surface area (TPSA) is 12.0 Å². The molecule has 0 saturated heterocycles. The lowest BCUT2D eigenvalue weighted by atomic mass is 9.55. The first-order valence-corrected chi connectivity index (χ1v) is 6.53. The Bertz CT molecular complexity index is 360. The maximum atomic E-state index is 3.51. The van der Waals surface area contributed by atoms with Gasteiger partial charge in [0, 0.05) is 12.2 Å². The summed E-state index contributed by atoms with van der Waals surface area (Å²) in [5.74, 6) is 1.54. The summed E-state index contributed by atoms with van der Waals surface area (Å²) in [6.07, 6.45) is 2.53. The molecule has 0 aliphatic carbocycles. The summed E-state index contributed by atoms with van der Waals surface area (Å²) in [5.41, 5.74) is 4.51. The first-order valence-electron chi connectivity index (χ1n) is 6.53. The van der Waals surface area contributed by atoms with Crippen molar-refractivity contribution in [3.63, 3.8) is 0 Å². The number of anilines is 1. The van der Waals surface area contributed by atoms with Crippen molar-refractivity contribution in [3.05, 3.63) is 23.8 Å². The van der Waals surface area contributed by atoms with Gasteiger partial charge in [-0.15, -0.1) is 0 Å². The van der Waals surface area contributed by atoms with Gasteiger partial charge in [-0.1, -0.05) is 50.1 Å². The van der Waals surface area contributed by atoms with Crippen molar-refractivity contribution in [1.82, 2.24) is 0 Å². The maximum Gasteiger partial charge on any atom is 0.161 e. The van der Waals surface area contributed by atoms with Crippen molar-refractivity contribution in [1.29, 1.82) is 0 Å². The molecule has 0 radical (unpaired) electrons. The quantitative estimate of drug-likeness (QED) is 0.764. The van der Waals surface area contributed by atoms with Crippen LogP contribution in [-0.2, 0) is 6.42 Å². The minimum Gasteiger partial charge on any atom is -0.385 e. The molecule has 1 heterocycles. The first-order chi connectivity index (χ1) is 7.68.